The van der Waals surface area contributed by atoms with Crippen LogP contribution in [0.2, 0.25) is 0 Å². The molecular formula is C13H13F3NO4-. The van der Waals surface area contributed by atoms with E-state index in [2.05, 4.69) is 0 Å². The molecule has 0 aliphatic heterocycles. The summed E-state index contributed by atoms with van der Waals surface area (Å²) in [6, 6.07) is 2.70. The Morgan fingerprint density at radius 3 is 2.29 bits per heavy atom. The molecule has 21 heavy (non-hydrogen) atoms. The number of carbonyl (C=O) groups is 2. The molecule has 1 aromatic rings. The zero-order valence-electron chi connectivity index (χ0n) is 11.2. The molecule has 0 aliphatic rings. The number of carbonyl (C=O) groups excluding carboxylic acids is 2. The molecule has 2 N–H and O–H groups in total. The van der Waals surface area contributed by atoms with E-state index in [1.165, 1.54) is 13.8 Å². The highest BCUT2D eigenvalue weighted by Crippen LogP contribution is 2.34. The van der Waals surface area contributed by atoms with Gasteiger partial charge < -0.3 is 20.3 Å². The Bertz CT molecular complexity index is 555. The van der Waals surface area contributed by atoms with Crippen molar-refractivity contribution in [3.05, 3.63) is 29.3 Å². The summed E-state index contributed by atoms with van der Waals surface area (Å²) in [5, 5.41) is 21.6. The van der Waals surface area contributed by atoms with E-state index in [-0.39, 0.29) is 11.3 Å². The SMILES string of the molecule is CC(C)C(=O)c1cc([C@@H](O)C(F)(F)F)ccc1NC(=O)[O-]. The first-order valence-electron chi connectivity index (χ1n) is 5.95. The van der Waals surface area contributed by atoms with Crippen LogP contribution in [0.15, 0.2) is 18.2 Å². The fourth-order valence-electron chi connectivity index (χ4n) is 1.65. The lowest BCUT2D eigenvalue weighted by Crippen LogP contribution is -2.30. The molecule has 0 aliphatic carbocycles. The number of amides is 1. The van der Waals surface area contributed by atoms with Crippen molar-refractivity contribution >= 4 is 17.6 Å². The summed E-state index contributed by atoms with van der Waals surface area (Å²) < 4.78 is 37.4. The minimum absolute atomic E-state index is 0.188. The fraction of sp³-hybridized carbons (Fsp3) is 0.385. The van der Waals surface area contributed by atoms with Crippen LogP contribution in [0.1, 0.15) is 35.9 Å². The number of hydrogen-bond donors (Lipinski definition) is 2. The Labute approximate surface area is 118 Å². The zero-order chi connectivity index (χ0) is 16.4. The summed E-state index contributed by atoms with van der Waals surface area (Å²) in [4.78, 5) is 22.5. The fourth-order valence-corrected chi connectivity index (χ4v) is 1.65. The summed E-state index contributed by atoms with van der Waals surface area (Å²) in [6.07, 6.45) is -9.34. The van der Waals surface area contributed by atoms with E-state index in [1.54, 1.807) is 0 Å². The smallest absolute Gasteiger partial charge is 0.418 e. The van der Waals surface area contributed by atoms with Gasteiger partial charge in [0.05, 0.1) is 5.69 Å². The molecule has 0 aromatic heterocycles. The molecule has 0 bridgehead atoms. The zero-order valence-corrected chi connectivity index (χ0v) is 11.2. The number of hydrogen-bond acceptors (Lipinski definition) is 4. The highest BCUT2D eigenvalue weighted by Gasteiger charge is 2.39. The maximum absolute atomic E-state index is 12.5. The Balaban J connectivity index is 3.33. The highest BCUT2D eigenvalue weighted by molar-refractivity contribution is 6.04. The number of aliphatic hydroxyl groups is 1. The van der Waals surface area contributed by atoms with Gasteiger partial charge in [0.25, 0.3) is 0 Å². The molecule has 8 heteroatoms. The minimum atomic E-state index is -4.89. The van der Waals surface area contributed by atoms with Crippen LogP contribution >= 0.6 is 0 Å². The third kappa shape index (κ3) is 4.19. The topological polar surface area (TPSA) is 89.5 Å². The maximum atomic E-state index is 12.5. The van der Waals surface area contributed by atoms with E-state index >= 15 is 0 Å². The first-order chi connectivity index (χ1) is 9.54. The van der Waals surface area contributed by atoms with E-state index in [0.29, 0.717) is 0 Å². The van der Waals surface area contributed by atoms with Gasteiger partial charge in [0.15, 0.2) is 11.9 Å². The Morgan fingerprint density at radius 2 is 1.86 bits per heavy atom. The number of halogens is 3. The lowest BCUT2D eigenvalue weighted by atomic mass is 9.96. The highest BCUT2D eigenvalue weighted by atomic mass is 19.4. The quantitative estimate of drug-likeness (QED) is 0.831. The van der Waals surface area contributed by atoms with Crippen LogP contribution in [0, 0.1) is 5.92 Å². The predicted molar refractivity (Wildman–Crippen MR) is 65.6 cm³/mol. The predicted octanol–water partition coefficient (Wildman–Crippen LogP) is 1.88. The summed E-state index contributed by atoms with van der Waals surface area (Å²) in [5.41, 5.74) is -0.989. The molecule has 1 atom stereocenters. The van der Waals surface area contributed by atoms with Gasteiger partial charge in [-0.2, -0.15) is 13.2 Å². The van der Waals surface area contributed by atoms with Gasteiger partial charge in [0.1, 0.15) is 6.09 Å². The molecule has 0 heterocycles. The van der Waals surface area contributed by atoms with Gasteiger partial charge in [-0.05, 0) is 17.7 Å². The van der Waals surface area contributed by atoms with Crippen LogP contribution in [0.5, 0.6) is 0 Å². The van der Waals surface area contributed by atoms with Crippen LogP contribution in [-0.2, 0) is 0 Å². The van der Waals surface area contributed by atoms with Crippen molar-refractivity contribution in [3.63, 3.8) is 0 Å². The lowest BCUT2D eigenvalue weighted by molar-refractivity contribution is -0.242. The second kappa shape index (κ2) is 6.13. The summed E-state index contributed by atoms with van der Waals surface area (Å²) in [5.74, 6) is -1.12. The van der Waals surface area contributed by atoms with E-state index in [1.807, 2.05) is 5.32 Å². The van der Waals surface area contributed by atoms with Crippen molar-refractivity contribution in [3.8, 4) is 0 Å². The van der Waals surface area contributed by atoms with Crippen molar-refractivity contribution in [2.45, 2.75) is 26.1 Å². The van der Waals surface area contributed by atoms with E-state index in [4.69, 9.17) is 0 Å². The van der Waals surface area contributed by atoms with Crippen LogP contribution < -0.4 is 10.4 Å². The van der Waals surface area contributed by atoms with Crippen molar-refractivity contribution in [1.82, 2.24) is 0 Å². The second-order valence-electron chi connectivity index (χ2n) is 4.68. The van der Waals surface area contributed by atoms with E-state index in [9.17, 15) is 33.0 Å². The Morgan fingerprint density at radius 1 is 1.29 bits per heavy atom. The number of anilines is 1. The van der Waals surface area contributed by atoms with E-state index < -0.39 is 35.6 Å². The number of aliphatic hydroxyl groups excluding tert-OH is 1. The molecule has 1 amide bonds. The van der Waals surface area contributed by atoms with Crippen LogP contribution in [0.25, 0.3) is 0 Å². The molecule has 1 rings (SSSR count). The minimum Gasteiger partial charge on any atom is -0.530 e. The molecule has 0 spiro atoms. The molecule has 0 saturated heterocycles. The van der Waals surface area contributed by atoms with Gasteiger partial charge in [-0.25, -0.2) is 0 Å². The van der Waals surface area contributed by atoms with Gasteiger partial charge in [-0.15, -0.1) is 0 Å². The molecular weight excluding hydrogens is 291 g/mol. The van der Waals surface area contributed by atoms with Crippen LogP contribution in [0.4, 0.5) is 23.7 Å². The number of nitrogens with one attached hydrogen (secondary N) is 1. The molecule has 116 valence electrons. The van der Waals surface area contributed by atoms with Crippen molar-refractivity contribution in [2.24, 2.45) is 5.92 Å². The maximum Gasteiger partial charge on any atom is 0.418 e. The average molecular weight is 304 g/mol. The van der Waals surface area contributed by atoms with Crippen molar-refractivity contribution < 1.29 is 33.0 Å². The van der Waals surface area contributed by atoms with Crippen molar-refractivity contribution in [1.29, 1.82) is 0 Å². The van der Waals surface area contributed by atoms with Gasteiger partial charge in [-0.3, -0.25) is 4.79 Å². The Kier molecular flexibility index (Phi) is 4.95. The summed E-state index contributed by atoms with van der Waals surface area (Å²) in [6.45, 7) is 3.02. The molecule has 5 nitrogen and oxygen atoms in total. The number of ketones is 1. The van der Waals surface area contributed by atoms with Crippen molar-refractivity contribution in [2.75, 3.05) is 5.32 Å². The first-order valence-corrected chi connectivity index (χ1v) is 5.95. The van der Waals surface area contributed by atoms with Crippen LogP contribution in [-0.4, -0.2) is 23.2 Å². The number of carboxylic acid groups (broad SMARTS) is 1. The molecule has 0 unspecified atom stereocenters. The summed E-state index contributed by atoms with van der Waals surface area (Å²) >= 11 is 0. The second-order valence-corrected chi connectivity index (χ2v) is 4.68. The average Bonchev–Trinajstić information content (AvgIpc) is 2.35. The summed E-state index contributed by atoms with van der Waals surface area (Å²) in [7, 11) is 0. The standard InChI is InChI=1S/C13H14F3NO4/c1-6(2)10(18)8-5-7(11(19)13(14,15)16)3-4-9(8)17-12(20)21/h3-6,11,17,19H,1-2H3,(H,20,21)/p-1/t11-/m1/s1. The number of benzene rings is 1. The lowest BCUT2D eigenvalue weighted by Gasteiger charge is -2.18. The Hall–Kier alpha value is -2.09. The molecule has 0 saturated carbocycles. The normalized spacial score (nSPS) is 13.1. The largest absolute Gasteiger partial charge is 0.530 e. The van der Waals surface area contributed by atoms with Crippen LogP contribution in [0.3, 0.4) is 0 Å². The number of Topliss-reactive ketones (excluding diaryl/α,β-unsaturated/α-hetero) is 1. The first kappa shape index (κ1) is 17.0. The van der Waals surface area contributed by atoms with Gasteiger partial charge >= 0.3 is 6.18 Å². The van der Waals surface area contributed by atoms with E-state index in [0.717, 1.165) is 18.2 Å². The molecule has 1 aromatic carbocycles. The van der Waals surface area contributed by atoms with Gasteiger partial charge in [-0.1, -0.05) is 19.9 Å². The third-order valence-electron chi connectivity index (χ3n) is 2.70. The third-order valence-corrected chi connectivity index (χ3v) is 2.70. The molecule has 0 fully saturated rings. The van der Waals surface area contributed by atoms with Gasteiger partial charge in [0.2, 0.25) is 0 Å². The number of rotatable bonds is 4. The number of alkyl halides is 3. The molecule has 0 radical (unpaired) electrons. The monoisotopic (exact) mass is 304 g/mol. The van der Waals surface area contributed by atoms with Gasteiger partial charge in [0, 0.05) is 11.5 Å².